The highest BCUT2D eigenvalue weighted by molar-refractivity contribution is 5.75. The van der Waals surface area contributed by atoms with Crippen molar-refractivity contribution in [2.24, 2.45) is 0 Å². The number of nitrogens with zero attached hydrogens (tertiary/aromatic N) is 1. The minimum atomic E-state index is -0.534. The molecule has 0 aliphatic rings. The van der Waals surface area contributed by atoms with Crippen molar-refractivity contribution in [3.05, 3.63) is 35.1 Å². The Balaban J connectivity index is 3.20. The SMILES string of the molecule is N#CC#Cc1cc(C=O)ccc1F. The van der Waals surface area contributed by atoms with Gasteiger partial charge in [-0.1, -0.05) is 0 Å². The van der Waals surface area contributed by atoms with Crippen LogP contribution in [0.3, 0.4) is 0 Å². The monoisotopic (exact) mass is 173 g/mol. The molecule has 0 N–H and O–H groups in total. The van der Waals surface area contributed by atoms with Gasteiger partial charge in [0, 0.05) is 11.5 Å². The molecule has 0 aliphatic carbocycles. The van der Waals surface area contributed by atoms with Crippen LogP contribution in [0.4, 0.5) is 4.39 Å². The van der Waals surface area contributed by atoms with E-state index >= 15 is 0 Å². The fraction of sp³-hybridized carbons (Fsp3) is 0. The quantitative estimate of drug-likeness (QED) is 0.477. The molecule has 1 rings (SSSR count). The molecule has 0 spiro atoms. The molecule has 3 heteroatoms. The van der Waals surface area contributed by atoms with Gasteiger partial charge in [0.2, 0.25) is 0 Å². The van der Waals surface area contributed by atoms with Crippen LogP contribution >= 0.6 is 0 Å². The predicted molar refractivity (Wildman–Crippen MR) is 44.3 cm³/mol. The van der Waals surface area contributed by atoms with E-state index in [1.54, 1.807) is 6.07 Å². The molecule has 0 aromatic heterocycles. The number of hydrogen-bond donors (Lipinski definition) is 0. The Morgan fingerprint density at radius 3 is 2.85 bits per heavy atom. The first kappa shape index (κ1) is 8.96. The van der Waals surface area contributed by atoms with Crippen LogP contribution in [0.15, 0.2) is 18.2 Å². The molecule has 1 aromatic rings. The highest BCUT2D eigenvalue weighted by atomic mass is 19.1. The van der Waals surface area contributed by atoms with Crippen LogP contribution < -0.4 is 0 Å². The van der Waals surface area contributed by atoms with Gasteiger partial charge in [-0.25, -0.2) is 4.39 Å². The second-order valence-electron chi connectivity index (χ2n) is 2.22. The number of nitriles is 1. The lowest BCUT2D eigenvalue weighted by molar-refractivity contribution is 0.112. The largest absolute Gasteiger partial charge is 0.298 e. The van der Waals surface area contributed by atoms with Gasteiger partial charge in [0.1, 0.15) is 12.1 Å². The van der Waals surface area contributed by atoms with Crippen LogP contribution in [0.1, 0.15) is 15.9 Å². The summed E-state index contributed by atoms with van der Waals surface area (Å²) in [6.45, 7) is 0. The van der Waals surface area contributed by atoms with Gasteiger partial charge in [0.15, 0.2) is 6.07 Å². The van der Waals surface area contributed by atoms with Gasteiger partial charge in [-0.2, -0.15) is 5.26 Å². The van der Waals surface area contributed by atoms with Crippen LogP contribution in [-0.4, -0.2) is 6.29 Å². The third-order valence-electron chi connectivity index (χ3n) is 1.38. The summed E-state index contributed by atoms with van der Waals surface area (Å²) in [5.41, 5.74) is 0.398. The highest BCUT2D eigenvalue weighted by Gasteiger charge is 1.99. The molecule has 13 heavy (non-hydrogen) atoms. The number of halogens is 1. The van der Waals surface area contributed by atoms with Gasteiger partial charge >= 0.3 is 0 Å². The zero-order chi connectivity index (χ0) is 9.68. The van der Waals surface area contributed by atoms with Crippen molar-refractivity contribution in [2.45, 2.75) is 0 Å². The predicted octanol–water partition coefficient (Wildman–Crippen LogP) is 1.51. The fourth-order valence-electron chi connectivity index (χ4n) is 0.807. The van der Waals surface area contributed by atoms with Crippen LogP contribution in [-0.2, 0) is 0 Å². The summed E-state index contributed by atoms with van der Waals surface area (Å²) in [5.74, 6) is 3.81. The van der Waals surface area contributed by atoms with Crippen molar-refractivity contribution < 1.29 is 9.18 Å². The standard InChI is InChI=1S/C10H4FNO/c11-10-4-3-8(7-13)6-9(10)2-1-5-12/h3-4,6-7H. The van der Waals surface area contributed by atoms with Crippen molar-refractivity contribution >= 4 is 6.29 Å². The Morgan fingerprint density at radius 1 is 1.46 bits per heavy atom. The fourth-order valence-corrected chi connectivity index (χ4v) is 0.807. The molecule has 0 radical (unpaired) electrons. The van der Waals surface area contributed by atoms with Crippen molar-refractivity contribution in [1.82, 2.24) is 0 Å². The maximum Gasteiger partial charge on any atom is 0.152 e. The molecular weight excluding hydrogens is 169 g/mol. The van der Waals surface area contributed by atoms with Gasteiger partial charge in [0.25, 0.3) is 0 Å². The van der Waals surface area contributed by atoms with Crippen molar-refractivity contribution in [1.29, 1.82) is 5.26 Å². The molecule has 0 fully saturated rings. The molecular formula is C10H4FNO. The van der Waals surface area contributed by atoms with Gasteiger partial charge in [0.05, 0.1) is 5.56 Å². The molecule has 1 aromatic carbocycles. The number of benzene rings is 1. The molecule has 0 atom stereocenters. The molecule has 0 bridgehead atoms. The lowest BCUT2D eigenvalue weighted by atomic mass is 10.1. The van der Waals surface area contributed by atoms with Crippen molar-refractivity contribution in [3.8, 4) is 17.9 Å². The number of rotatable bonds is 1. The molecule has 0 aliphatic heterocycles. The molecule has 0 unspecified atom stereocenters. The minimum Gasteiger partial charge on any atom is -0.298 e. The van der Waals surface area contributed by atoms with E-state index in [0.717, 1.165) is 6.07 Å². The van der Waals surface area contributed by atoms with Crippen molar-refractivity contribution in [3.63, 3.8) is 0 Å². The van der Waals surface area contributed by atoms with E-state index in [2.05, 4.69) is 11.8 Å². The zero-order valence-electron chi connectivity index (χ0n) is 6.54. The Bertz CT molecular complexity index is 434. The Morgan fingerprint density at radius 2 is 2.23 bits per heavy atom. The normalized spacial score (nSPS) is 8.00. The van der Waals surface area contributed by atoms with Crippen LogP contribution in [0.5, 0.6) is 0 Å². The number of carbonyl (C=O) groups excluding carboxylic acids is 1. The van der Waals surface area contributed by atoms with Crippen molar-refractivity contribution in [2.75, 3.05) is 0 Å². The number of aldehydes is 1. The molecule has 0 amide bonds. The lowest BCUT2D eigenvalue weighted by Gasteiger charge is -1.93. The summed E-state index contributed by atoms with van der Waals surface area (Å²) in [7, 11) is 0. The summed E-state index contributed by atoms with van der Waals surface area (Å²) in [6.07, 6.45) is 0.594. The maximum atomic E-state index is 12.9. The van der Waals surface area contributed by atoms with E-state index in [4.69, 9.17) is 5.26 Å². The topological polar surface area (TPSA) is 40.9 Å². The second-order valence-corrected chi connectivity index (χ2v) is 2.22. The van der Waals surface area contributed by atoms with E-state index in [0.29, 0.717) is 11.8 Å². The molecule has 0 saturated carbocycles. The summed E-state index contributed by atoms with van der Waals surface area (Å²) in [5, 5.41) is 8.13. The molecule has 2 nitrogen and oxygen atoms in total. The summed E-state index contributed by atoms with van der Waals surface area (Å²) < 4.78 is 12.9. The summed E-state index contributed by atoms with van der Waals surface area (Å²) in [6, 6.07) is 5.35. The summed E-state index contributed by atoms with van der Waals surface area (Å²) in [4.78, 5) is 10.3. The van der Waals surface area contributed by atoms with Gasteiger partial charge < -0.3 is 0 Å². The first-order valence-electron chi connectivity index (χ1n) is 3.43. The average Bonchev–Trinajstić information content (AvgIpc) is 2.17. The van der Waals surface area contributed by atoms with Crippen LogP contribution in [0, 0.1) is 29.0 Å². The zero-order valence-corrected chi connectivity index (χ0v) is 6.54. The molecule has 62 valence electrons. The van der Waals surface area contributed by atoms with Crippen LogP contribution in [0.25, 0.3) is 0 Å². The maximum absolute atomic E-state index is 12.9. The molecule has 0 heterocycles. The second kappa shape index (κ2) is 4.04. The van der Waals surface area contributed by atoms with E-state index in [-0.39, 0.29) is 5.56 Å². The third kappa shape index (κ3) is 2.15. The van der Waals surface area contributed by atoms with Crippen LogP contribution in [0.2, 0.25) is 0 Å². The Hall–Kier alpha value is -2.13. The average molecular weight is 173 g/mol. The molecule has 0 saturated heterocycles. The first-order valence-corrected chi connectivity index (χ1v) is 3.43. The first-order chi connectivity index (χ1) is 6.27. The third-order valence-corrected chi connectivity index (χ3v) is 1.38. The van der Waals surface area contributed by atoms with E-state index < -0.39 is 5.82 Å². The lowest BCUT2D eigenvalue weighted by Crippen LogP contribution is -1.87. The van der Waals surface area contributed by atoms with Gasteiger partial charge in [-0.05, 0) is 24.1 Å². The van der Waals surface area contributed by atoms with E-state index in [9.17, 15) is 9.18 Å². The van der Waals surface area contributed by atoms with E-state index in [1.807, 2.05) is 0 Å². The highest BCUT2D eigenvalue weighted by Crippen LogP contribution is 2.07. The smallest absolute Gasteiger partial charge is 0.152 e. The van der Waals surface area contributed by atoms with Gasteiger partial charge in [-0.3, -0.25) is 4.79 Å². The Kier molecular flexibility index (Phi) is 2.78. The number of hydrogen-bond acceptors (Lipinski definition) is 2. The minimum absolute atomic E-state index is 0.0613. The van der Waals surface area contributed by atoms with Gasteiger partial charge in [-0.15, -0.1) is 0 Å². The number of carbonyl (C=O) groups is 1. The summed E-state index contributed by atoms with van der Waals surface area (Å²) >= 11 is 0. The Labute approximate surface area is 74.6 Å². The van der Waals surface area contributed by atoms with E-state index in [1.165, 1.54) is 12.1 Å².